The molecule has 4 rings (SSSR count). The summed E-state index contributed by atoms with van der Waals surface area (Å²) in [5, 5.41) is 11.2. The molecule has 1 saturated heterocycles. The number of nitrogens with one attached hydrogen (secondary N) is 1. The van der Waals surface area contributed by atoms with Gasteiger partial charge in [0.1, 0.15) is 0 Å². The highest BCUT2D eigenvalue weighted by atomic mass is 32.2. The van der Waals surface area contributed by atoms with Crippen LogP contribution in [0.3, 0.4) is 0 Å². The molecule has 0 radical (unpaired) electrons. The zero-order valence-electron chi connectivity index (χ0n) is 16.3. The average Bonchev–Trinajstić information content (AvgIpc) is 3.51. The van der Waals surface area contributed by atoms with Crippen molar-refractivity contribution in [3.05, 3.63) is 48.2 Å². The number of nitrogens with zero attached hydrogens (tertiary/aromatic N) is 3. The number of halogens is 3. The minimum atomic E-state index is -4.50. The van der Waals surface area contributed by atoms with Gasteiger partial charge in [0.2, 0.25) is 11.7 Å². The summed E-state index contributed by atoms with van der Waals surface area (Å²) in [5.74, 6) is 0.395. The molecule has 3 aromatic rings. The third kappa shape index (κ3) is 5.10. The molecule has 1 aromatic carbocycles. The summed E-state index contributed by atoms with van der Waals surface area (Å²) in [5.41, 5.74) is -0.581. The van der Waals surface area contributed by atoms with Crippen molar-refractivity contribution >= 4 is 17.7 Å². The van der Waals surface area contributed by atoms with E-state index in [0.29, 0.717) is 18.9 Å². The van der Waals surface area contributed by atoms with Crippen molar-refractivity contribution in [1.82, 2.24) is 20.1 Å². The average molecular weight is 452 g/mol. The molecular weight excluding hydrogens is 433 g/mol. The first-order valence-electron chi connectivity index (χ1n) is 9.60. The third-order valence-corrected chi connectivity index (χ3v) is 5.62. The maximum Gasteiger partial charge on any atom is 0.416 e. The summed E-state index contributed by atoms with van der Waals surface area (Å²) >= 11 is 1.08. The molecule has 11 heteroatoms. The number of amides is 1. The lowest BCUT2D eigenvalue weighted by Gasteiger charge is -2.13. The van der Waals surface area contributed by atoms with Gasteiger partial charge in [0.05, 0.1) is 29.4 Å². The lowest BCUT2D eigenvalue weighted by atomic mass is 10.2. The van der Waals surface area contributed by atoms with Crippen LogP contribution in [0.5, 0.6) is 0 Å². The predicted octanol–water partition coefficient (Wildman–Crippen LogP) is 3.93. The van der Waals surface area contributed by atoms with Gasteiger partial charge in [0.15, 0.2) is 10.9 Å². The topological polar surface area (TPSA) is 82.2 Å². The monoisotopic (exact) mass is 452 g/mol. The van der Waals surface area contributed by atoms with Crippen molar-refractivity contribution in [1.29, 1.82) is 0 Å². The molecule has 0 aliphatic carbocycles. The van der Waals surface area contributed by atoms with Gasteiger partial charge in [-0.1, -0.05) is 17.8 Å². The molecule has 0 saturated carbocycles. The molecule has 1 atom stereocenters. The van der Waals surface area contributed by atoms with Crippen LogP contribution in [0.4, 0.5) is 13.2 Å². The second kappa shape index (κ2) is 9.15. The van der Waals surface area contributed by atoms with Crippen LogP contribution < -0.4 is 5.32 Å². The fourth-order valence-corrected chi connectivity index (χ4v) is 3.98. The molecule has 3 heterocycles. The zero-order valence-corrected chi connectivity index (χ0v) is 17.1. The summed E-state index contributed by atoms with van der Waals surface area (Å²) in [6.07, 6.45) is -1.15. The van der Waals surface area contributed by atoms with Crippen molar-refractivity contribution in [3.8, 4) is 17.3 Å². The SMILES string of the molecule is O=C(CSc1nnc(-c2ccco2)n1-c1cccc(C(F)(F)F)c1)NC[C@@H]1CCCO1. The lowest BCUT2D eigenvalue weighted by Crippen LogP contribution is -2.32. The molecule has 1 N–H and O–H groups in total. The molecule has 1 aliphatic heterocycles. The Balaban J connectivity index is 1.56. The van der Waals surface area contributed by atoms with Crippen molar-refractivity contribution in [2.75, 3.05) is 18.9 Å². The first kappa shape index (κ1) is 21.4. The van der Waals surface area contributed by atoms with Crippen molar-refractivity contribution in [2.45, 2.75) is 30.3 Å². The van der Waals surface area contributed by atoms with Crippen LogP contribution in [0.15, 0.2) is 52.2 Å². The number of thioether (sulfide) groups is 1. The smallest absolute Gasteiger partial charge is 0.416 e. The Morgan fingerprint density at radius 3 is 2.84 bits per heavy atom. The van der Waals surface area contributed by atoms with Crippen LogP contribution in [-0.4, -0.2) is 45.7 Å². The molecule has 0 spiro atoms. The van der Waals surface area contributed by atoms with E-state index in [0.717, 1.165) is 36.7 Å². The van der Waals surface area contributed by atoms with E-state index in [1.807, 2.05) is 0 Å². The standard InChI is InChI=1S/C20H19F3N4O3S/c21-20(22,23)13-4-1-5-14(10-13)27-18(16-7-3-9-30-16)25-26-19(27)31-12-17(28)24-11-15-6-2-8-29-15/h1,3-5,7,9-10,15H,2,6,8,11-12H2,(H,24,28)/t15-/m0/s1. The van der Waals surface area contributed by atoms with Gasteiger partial charge >= 0.3 is 6.18 Å². The van der Waals surface area contributed by atoms with E-state index in [9.17, 15) is 18.0 Å². The number of alkyl halides is 3. The molecule has 0 unspecified atom stereocenters. The van der Waals surface area contributed by atoms with Crippen LogP contribution in [0.2, 0.25) is 0 Å². The van der Waals surface area contributed by atoms with E-state index >= 15 is 0 Å². The second-order valence-electron chi connectivity index (χ2n) is 6.89. The van der Waals surface area contributed by atoms with Crippen molar-refractivity contribution in [3.63, 3.8) is 0 Å². The number of benzene rings is 1. The first-order chi connectivity index (χ1) is 14.9. The van der Waals surface area contributed by atoms with E-state index in [1.165, 1.54) is 23.0 Å². The summed E-state index contributed by atoms with van der Waals surface area (Å²) in [4.78, 5) is 12.2. The van der Waals surface area contributed by atoms with Gasteiger partial charge in [0, 0.05) is 13.2 Å². The largest absolute Gasteiger partial charge is 0.461 e. The Kier molecular flexibility index (Phi) is 6.33. The van der Waals surface area contributed by atoms with Gasteiger partial charge in [-0.05, 0) is 43.2 Å². The fourth-order valence-electron chi connectivity index (χ4n) is 3.20. The number of aromatic nitrogens is 3. The number of carbonyl (C=O) groups excluding carboxylic acids is 1. The Hall–Kier alpha value is -2.79. The Labute approximate surface area is 180 Å². The Bertz CT molecular complexity index is 1030. The van der Waals surface area contributed by atoms with Crippen LogP contribution >= 0.6 is 11.8 Å². The number of hydrogen-bond acceptors (Lipinski definition) is 6. The molecule has 164 valence electrons. The number of hydrogen-bond donors (Lipinski definition) is 1. The second-order valence-corrected chi connectivity index (χ2v) is 7.84. The van der Waals surface area contributed by atoms with Gasteiger partial charge in [-0.25, -0.2) is 0 Å². The normalized spacial score (nSPS) is 16.5. The fraction of sp³-hybridized carbons (Fsp3) is 0.350. The molecule has 7 nitrogen and oxygen atoms in total. The first-order valence-corrected chi connectivity index (χ1v) is 10.6. The van der Waals surface area contributed by atoms with Crippen molar-refractivity contribution in [2.24, 2.45) is 0 Å². The molecule has 31 heavy (non-hydrogen) atoms. The van der Waals surface area contributed by atoms with Gasteiger partial charge in [-0.2, -0.15) is 13.2 Å². The lowest BCUT2D eigenvalue weighted by molar-refractivity contribution is -0.137. The van der Waals surface area contributed by atoms with E-state index < -0.39 is 11.7 Å². The predicted molar refractivity (Wildman–Crippen MR) is 107 cm³/mol. The van der Waals surface area contributed by atoms with Crippen LogP contribution in [-0.2, 0) is 15.7 Å². The van der Waals surface area contributed by atoms with Crippen molar-refractivity contribution < 1.29 is 27.1 Å². The summed E-state index contributed by atoms with van der Waals surface area (Å²) in [7, 11) is 0. The van der Waals surface area contributed by atoms with Crippen LogP contribution in [0, 0.1) is 0 Å². The van der Waals surface area contributed by atoms with Gasteiger partial charge in [-0.15, -0.1) is 10.2 Å². The molecule has 0 bridgehead atoms. The maximum atomic E-state index is 13.2. The summed E-state index contributed by atoms with van der Waals surface area (Å²) in [6, 6.07) is 8.12. The molecule has 1 amide bonds. The van der Waals surface area contributed by atoms with Gasteiger partial charge in [0.25, 0.3) is 0 Å². The van der Waals surface area contributed by atoms with Gasteiger partial charge < -0.3 is 14.5 Å². The minimum absolute atomic E-state index is 0.0215. The highest BCUT2D eigenvalue weighted by Gasteiger charge is 2.31. The number of rotatable bonds is 7. The highest BCUT2D eigenvalue weighted by molar-refractivity contribution is 7.99. The summed E-state index contributed by atoms with van der Waals surface area (Å²) < 4.78 is 52.0. The number of ether oxygens (including phenoxy) is 1. The van der Waals surface area contributed by atoms with E-state index in [-0.39, 0.29) is 34.4 Å². The minimum Gasteiger partial charge on any atom is -0.461 e. The quantitative estimate of drug-likeness (QED) is 0.547. The highest BCUT2D eigenvalue weighted by Crippen LogP contribution is 2.33. The van der Waals surface area contributed by atoms with Gasteiger partial charge in [-0.3, -0.25) is 9.36 Å². The Morgan fingerprint density at radius 1 is 1.26 bits per heavy atom. The zero-order chi connectivity index (χ0) is 21.8. The maximum absolute atomic E-state index is 13.2. The van der Waals surface area contributed by atoms with E-state index in [2.05, 4.69) is 15.5 Å². The Morgan fingerprint density at radius 2 is 2.13 bits per heavy atom. The number of furan rings is 1. The molecule has 2 aromatic heterocycles. The molecule has 1 aliphatic rings. The third-order valence-electron chi connectivity index (χ3n) is 4.69. The van der Waals surface area contributed by atoms with E-state index in [1.54, 1.807) is 12.1 Å². The van der Waals surface area contributed by atoms with Crippen LogP contribution in [0.1, 0.15) is 18.4 Å². The summed E-state index contributed by atoms with van der Waals surface area (Å²) in [6.45, 7) is 1.13. The van der Waals surface area contributed by atoms with E-state index in [4.69, 9.17) is 9.15 Å². The molecular formula is C20H19F3N4O3S. The number of carbonyl (C=O) groups is 1. The van der Waals surface area contributed by atoms with Crippen LogP contribution in [0.25, 0.3) is 17.3 Å². The molecule has 1 fully saturated rings.